The highest BCUT2D eigenvalue weighted by Crippen LogP contribution is 2.24. The third-order valence-electron chi connectivity index (χ3n) is 5.13. The van der Waals surface area contributed by atoms with Crippen molar-refractivity contribution in [2.24, 2.45) is 0 Å². The summed E-state index contributed by atoms with van der Waals surface area (Å²) in [5, 5.41) is 0. The highest BCUT2D eigenvalue weighted by atomic mass is 19.1. The van der Waals surface area contributed by atoms with Gasteiger partial charge in [-0.05, 0) is 24.6 Å². The number of hydrogen-bond donors (Lipinski definition) is 0. The van der Waals surface area contributed by atoms with E-state index in [9.17, 15) is 9.18 Å². The first-order chi connectivity index (χ1) is 13.1. The Balaban J connectivity index is 1.72. The molecule has 2 aromatic rings. The van der Waals surface area contributed by atoms with Crippen molar-refractivity contribution in [3.63, 3.8) is 0 Å². The first kappa shape index (κ1) is 19.5. The molecule has 0 N–H and O–H groups in total. The number of benzene rings is 2. The van der Waals surface area contributed by atoms with Crippen LogP contribution in [0.25, 0.3) is 0 Å². The SMILES string of the molecule is CN(C)C(=O)C(c1ccccc1)N1CCCN(Cc2ccccc2F)CC1. The minimum absolute atomic E-state index is 0.101. The Labute approximate surface area is 161 Å². The van der Waals surface area contributed by atoms with Crippen molar-refractivity contribution in [2.45, 2.75) is 19.0 Å². The maximum Gasteiger partial charge on any atom is 0.244 e. The maximum atomic E-state index is 14.0. The summed E-state index contributed by atoms with van der Waals surface area (Å²) >= 11 is 0. The van der Waals surface area contributed by atoms with Crippen LogP contribution in [0, 0.1) is 5.82 Å². The summed E-state index contributed by atoms with van der Waals surface area (Å²) in [7, 11) is 3.61. The van der Waals surface area contributed by atoms with Crippen molar-refractivity contribution < 1.29 is 9.18 Å². The fourth-order valence-corrected chi connectivity index (χ4v) is 3.66. The first-order valence-electron chi connectivity index (χ1n) is 9.52. The van der Waals surface area contributed by atoms with Gasteiger partial charge in [0.25, 0.3) is 0 Å². The summed E-state index contributed by atoms with van der Waals surface area (Å²) < 4.78 is 14.0. The van der Waals surface area contributed by atoms with Crippen LogP contribution in [0.1, 0.15) is 23.6 Å². The highest BCUT2D eigenvalue weighted by molar-refractivity contribution is 5.82. The molecule has 0 aliphatic carbocycles. The summed E-state index contributed by atoms with van der Waals surface area (Å²) in [4.78, 5) is 19.1. The van der Waals surface area contributed by atoms with Gasteiger partial charge in [0, 0.05) is 45.8 Å². The lowest BCUT2D eigenvalue weighted by molar-refractivity contribution is -0.134. The number of carbonyl (C=O) groups excluding carboxylic acids is 1. The fourth-order valence-electron chi connectivity index (χ4n) is 3.66. The zero-order valence-electron chi connectivity index (χ0n) is 16.1. The number of amides is 1. The molecule has 5 heteroatoms. The van der Waals surface area contributed by atoms with Crippen molar-refractivity contribution in [1.29, 1.82) is 0 Å². The van der Waals surface area contributed by atoms with Gasteiger partial charge in [-0.15, -0.1) is 0 Å². The lowest BCUT2D eigenvalue weighted by Crippen LogP contribution is -2.41. The van der Waals surface area contributed by atoms with Gasteiger partial charge < -0.3 is 4.90 Å². The fraction of sp³-hybridized carbons (Fsp3) is 0.409. The molecular weight excluding hydrogens is 341 g/mol. The van der Waals surface area contributed by atoms with Crippen molar-refractivity contribution in [3.8, 4) is 0 Å². The summed E-state index contributed by atoms with van der Waals surface area (Å²) in [6.45, 7) is 3.97. The monoisotopic (exact) mass is 369 g/mol. The molecule has 1 amide bonds. The van der Waals surface area contributed by atoms with Gasteiger partial charge in [0.15, 0.2) is 0 Å². The van der Waals surface area contributed by atoms with Crippen LogP contribution in [0.3, 0.4) is 0 Å². The third kappa shape index (κ3) is 4.93. The molecule has 1 fully saturated rings. The molecule has 4 nitrogen and oxygen atoms in total. The molecule has 0 bridgehead atoms. The minimum Gasteiger partial charge on any atom is -0.347 e. The normalized spacial score (nSPS) is 17.3. The van der Waals surface area contributed by atoms with Crippen LogP contribution in [-0.2, 0) is 11.3 Å². The van der Waals surface area contributed by atoms with Gasteiger partial charge >= 0.3 is 0 Å². The standard InChI is InChI=1S/C22H28FN3O/c1-24(2)22(27)21(18-9-4-3-5-10-18)26-14-8-13-25(15-16-26)17-19-11-6-7-12-20(19)23/h3-7,9-12,21H,8,13-17H2,1-2H3. The van der Waals surface area contributed by atoms with Crippen molar-refractivity contribution in [3.05, 3.63) is 71.5 Å². The molecule has 1 heterocycles. The van der Waals surface area contributed by atoms with E-state index in [1.165, 1.54) is 6.07 Å². The Kier molecular flexibility index (Phi) is 6.58. The zero-order chi connectivity index (χ0) is 19.2. The predicted octanol–water partition coefficient (Wildman–Crippen LogP) is 3.16. The molecule has 1 saturated heterocycles. The molecule has 0 saturated carbocycles. The van der Waals surface area contributed by atoms with Gasteiger partial charge in [0.1, 0.15) is 11.9 Å². The topological polar surface area (TPSA) is 26.8 Å². The number of carbonyl (C=O) groups is 1. The molecule has 144 valence electrons. The molecule has 0 spiro atoms. The molecular formula is C22H28FN3O. The molecule has 3 rings (SSSR count). The van der Waals surface area contributed by atoms with Crippen LogP contribution in [0.2, 0.25) is 0 Å². The van der Waals surface area contributed by atoms with E-state index in [1.54, 1.807) is 25.1 Å². The number of nitrogens with zero attached hydrogens (tertiary/aromatic N) is 3. The van der Waals surface area contributed by atoms with Crippen LogP contribution < -0.4 is 0 Å². The number of likely N-dealkylation sites (N-methyl/N-ethyl adjacent to an activating group) is 1. The second kappa shape index (κ2) is 9.11. The number of rotatable bonds is 5. The van der Waals surface area contributed by atoms with Crippen LogP contribution in [0.15, 0.2) is 54.6 Å². The lowest BCUT2D eigenvalue weighted by Gasteiger charge is -2.32. The van der Waals surface area contributed by atoms with Gasteiger partial charge in [0.05, 0.1) is 0 Å². The zero-order valence-corrected chi connectivity index (χ0v) is 16.1. The predicted molar refractivity (Wildman–Crippen MR) is 106 cm³/mol. The van der Waals surface area contributed by atoms with E-state index in [4.69, 9.17) is 0 Å². The molecule has 0 radical (unpaired) electrons. The van der Waals surface area contributed by atoms with Crippen molar-refractivity contribution >= 4 is 5.91 Å². The van der Waals surface area contributed by atoms with Gasteiger partial charge in [-0.25, -0.2) is 4.39 Å². The molecule has 1 aliphatic rings. The second-order valence-corrected chi connectivity index (χ2v) is 7.30. The van der Waals surface area contributed by atoms with E-state index >= 15 is 0 Å². The molecule has 2 aromatic carbocycles. The van der Waals surface area contributed by atoms with Crippen LogP contribution in [0.5, 0.6) is 0 Å². The van der Waals surface area contributed by atoms with E-state index in [0.717, 1.165) is 43.7 Å². The summed E-state index contributed by atoms with van der Waals surface area (Å²) in [6, 6.07) is 16.7. The van der Waals surface area contributed by atoms with E-state index in [1.807, 2.05) is 42.5 Å². The van der Waals surface area contributed by atoms with Gasteiger partial charge in [-0.1, -0.05) is 48.5 Å². The largest absolute Gasteiger partial charge is 0.347 e. The molecule has 1 unspecified atom stereocenters. The van der Waals surface area contributed by atoms with Gasteiger partial charge in [-0.3, -0.25) is 14.6 Å². The summed E-state index contributed by atoms with van der Waals surface area (Å²) in [6.07, 6.45) is 0.957. The molecule has 1 aliphatic heterocycles. The summed E-state index contributed by atoms with van der Waals surface area (Å²) in [5.74, 6) is -0.0488. The highest BCUT2D eigenvalue weighted by Gasteiger charge is 2.30. The van der Waals surface area contributed by atoms with Crippen LogP contribution >= 0.6 is 0 Å². The minimum atomic E-state index is -0.269. The van der Waals surface area contributed by atoms with Gasteiger partial charge in [-0.2, -0.15) is 0 Å². The van der Waals surface area contributed by atoms with Crippen molar-refractivity contribution in [1.82, 2.24) is 14.7 Å². The summed E-state index contributed by atoms with van der Waals surface area (Å²) in [5.41, 5.74) is 1.76. The average Bonchev–Trinajstić information content (AvgIpc) is 2.90. The molecule has 27 heavy (non-hydrogen) atoms. The second-order valence-electron chi connectivity index (χ2n) is 7.30. The molecule has 0 aromatic heterocycles. The Morgan fingerprint density at radius 1 is 1.00 bits per heavy atom. The maximum absolute atomic E-state index is 14.0. The Morgan fingerprint density at radius 2 is 1.70 bits per heavy atom. The third-order valence-corrected chi connectivity index (χ3v) is 5.13. The van der Waals surface area contributed by atoms with E-state index in [-0.39, 0.29) is 17.8 Å². The van der Waals surface area contributed by atoms with Crippen LogP contribution in [-0.4, -0.2) is 60.9 Å². The van der Waals surface area contributed by atoms with Crippen molar-refractivity contribution in [2.75, 3.05) is 40.3 Å². The number of halogens is 1. The van der Waals surface area contributed by atoms with Crippen LogP contribution in [0.4, 0.5) is 4.39 Å². The Hall–Kier alpha value is -2.24. The Bertz CT molecular complexity index is 750. The quantitative estimate of drug-likeness (QED) is 0.810. The first-order valence-corrected chi connectivity index (χ1v) is 9.52. The van der Waals surface area contributed by atoms with Gasteiger partial charge in [0.2, 0.25) is 5.91 Å². The van der Waals surface area contributed by atoms with E-state index in [2.05, 4.69) is 9.80 Å². The molecule has 1 atom stereocenters. The van der Waals surface area contributed by atoms with E-state index < -0.39 is 0 Å². The van der Waals surface area contributed by atoms with E-state index in [0.29, 0.717) is 6.54 Å². The number of hydrogen-bond acceptors (Lipinski definition) is 3. The average molecular weight is 369 g/mol. The lowest BCUT2D eigenvalue weighted by atomic mass is 10.0. The smallest absolute Gasteiger partial charge is 0.244 e. The Morgan fingerprint density at radius 3 is 2.41 bits per heavy atom.